The van der Waals surface area contributed by atoms with E-state index in [9.17, 15) is 0 Å². The molecular weight excluding hydrogens is 390 g/mol. The van der Waals surface area contributed by atoms with Crippen molar-refractivity contribution in [3.05, 3.63) is 67.1 Å². The number of rotatable bonds is 3. The molecule has 0 spiro atoms. The predicted molar refractivity (Wildman–Crippen MR) is 87.9 cm³/mol. The van der Waals surface area contributed by atoms with Crippen molar-refractivity contribution in [2.45, 2.75) is 11.8 Å². The number of alkyl halides is 1. The number of hydrogen-bond donors (Lipinski definition) is 0. The van der Waals surface area contributed by atoms with Gasteiger partial charge in [0.05, 0.1) is 20.4 Å². The molecule has 0 heterocycles. The van der Waals surface area contributed by atoms with E-state index in [0.717, 1.165) is 15.6 Å². The lowest BCUT2D eigenvalue weighted by Crippen LogP contribution is -1.97. The predicted octanol–water partition coefficient (Wildman–Crippen LogP) is 6.93. The highest BCUT2D eigenvalue weighted by Gasteiger charge is 2.14. The number of benzene rings is 2. The summed E-state index contributed by atoms with van der Waals surface area (Å²) in [6.07, 6.45) is 0.634. The Balaban J connectivity index is 2.23. The van der Waals surface area contributed by atoms with Crippen LogP contribution in [-0.2, 0) is 6.42 Å². The van der Waals surface area contributed by atoms with Crippen LogP contribution in [0.25, 0.3) is 0 Å². The van der Waals surface area contributed by atoms with Gasteiger partial charge in [0.2, 0.25) is 0 Å². The Morgan fingerprint density at radius 1 is 1.00 bits per heavy atom. The standard InChI is InChI=1S/C14H9BrCl4/c15-10-3-1-2-9(14(10)19)12(17)6-8-4-5-11(16)13(18)7-8/h1-5,7,12H,6H2. The summed E-state index contributed by atoms with van der Waals surface area (Å²) in [7, 11) is 0. The first-order valence-corrected chi connectivity index (χ1v) is 7.87. The molecule has 5 heteroatoms. The fourth-order valence-corrected chi connectivity index (χ4v) is 3.12. The summed E-state index contributed by atoms with van der Waals surface area (Å²) in [6, 6.07) is 11.2. The summed E-state index contributed by atoms with van der Waals surface area (Å²) in [4.78, 5) is 0. The van der Waals surface area contributed by atoms with Gasteiger partial charge in [0.25, 0.3) is 0 Å². The fourth-order valence-electron chi connectivity index (χ4n) is 1.75. The van der Waals surface area contributed by atoms with Crippen molar-refractivity contribution in [1.29, 1.82) is 0 Å². The van der Waals surface area contributed by atoms with E-state index in [1.807, 2.05) is 30.3 Å². The molecule has 0 saturated heterocycles. The summed E-state index contributed by atoms with van der Waals surface area (Å²) < 4.78 is 0.839. The third-order valence-corrected chi connectivity index (χ3v) is 5.16. The van der Waals surface area contributed by atoms with Crippen LogP contribution in [0.1, 0.15) is 16.5 Å². The van der Waals surface area contributed by atoms with Gasteiger partial charge in [0.1, 0.15) is 0 Å². The first-order valence-electron chi connectivity index (χ1n) is 5.51. The molecular formula is C14H9BrCl4. The van der Waals surface area contributed by atoms with Crippen LogP contribution in [0.5, 0.6) is 0 Å². The summed E-state index contributed by atoms with van der Waals surface area (Å²) in [5.74, 6) is 0. The second-order valence-electron chi connectivity index (χ2n) is 4.06. The molecule has 0 fully saturated rings. The monoisotopic (exact) mass is 396 g/mol. The number of halogens is 5. The van der Waals surface area contributed by atoms with E-state index >= 15 is 0 Å². The zero-order valence-corrected chi connectivity index (χ0v) is 14.2. The van der Waals surface area contributed by atoms with Crippen molar-refractivity contribution in [1.82, 2.24) is 0 Å². The molecule has 2 aromatic rings. The Kier molecular flexibility index (Phi) is 5.45. The van der Waals surface area contributed by atoms with Crippen molar-refractivity contribution < 1.29 is 0 Å². The third-order valence-electron chi connectivity index (χ3n) is 2.72. The maximum atomic E-state index is 6.43. The lowest BCUT2D eigenvalue weighted by Gasteiger charge is -2.13. The second-order valence-corrected chi connectivity index (χ2v) is 6.64. The Morgan fingerprint density at radius 2 is 1.74 bits per heavy atom. The Morgan fingerprint density at radius 3 is 2.42 bits per heavy atom. The van der Waals surface area contributed by atoms with Gasteiger partial charge in [-0.25, -0.2) is 0 Å². The fraction of sp³-hybridized carbons (Fsp3) is 0.143. The van der Waals surface area contributed by atoms with E-state index < -0.39 is 0 Å². The zero-order valence-electron chi connectivity index (χ0n) is 9.64. The van der Waals surface area contributed by atoms with E-state index in [4.69, 9.17) is 46.4 Å². The minimum Gasteiger partial charge on any atom is -0.117 e. The average Bonchev–Trinajstić information content (AvgIpc) is 2.37. The van der Waals surface area contributed by atoms with Gasteiger partial charge in [-0.1, -0.05) is 53.0 Å². The first kappa shape index (κ1) is 15.5. The summed E-state index contributed by atoms with van der Waals surface area (Å²) in [5, 5.41) is 1.49. The molecule has 19 heavy (non-hydrogen) atoms. The molecule has 2 aromatic carbocycles. The van der Waals surface area contributed by atoms with Crippen molar-refractivity contribution >= 4 is 62.3 Å². The van der Waals surface area contributed by atoms with E-state index in [1.165, 1.54) is 0 Å². The molecule has 0 N–H and O–H groups in total. The topological polar surface area (TPSA) is 0 Å². The van der Waals surface area contributed by atoms with E-state index in [1.54, 1.807) is 6.07 Å². The second kappa shape index (κ2) is 6.69. The van der Waals surface area contributed by atoms with Crippen LogP contribution in [-0.4, -0.2) is 0 Å². The van der Waals surface area contributed by atoms with E-state index in [-0.39, 0.29) is 5.38 Å². The van der Waals surface area contributed by atoms with Gasteiger partial charge < -0.3 is 0 Å². The summed E-state index contributed by atoms with van der Waals surface area (Å²) in [6.45, 7) is 0. The Labute approximate surface area is 140 Å². The molecule has 1 unspecified atom stereocenters. The van der Waals surface area contributed by atoms with Gasteiger partial charge in [-0.3, -0.25) is 0 Å². The van der Waals surface area contributed by atoms with E-state index in [0.29, 0.717) is 21.5 Å². The van der Waals surface area contributed by atoms with Crippen molar-refractivity contribution in [2.24, 2.45) is 0 Å². The van der Waals surface area contributed by atoms with Crippen LogP contribution < -0.4 is 0 Å². The molecule has 0 aromatic heterocycles. The largest absolute Gasteiger partial charge is 0.117 e. The SMILES string of the molecule is Clc1ccc(CC(Cl)c2cccc(Br)c2Cl)cc1Cl. The number of hydrogen-bond acceptors (Lipinski definition) is 0. The summed E-state index contributed by atoms with van der Waals surface area (Å²) in [5.41, 5.74) is 1.91. The molecule has 1 atom stereocenters. The van der Waals surface area contributed by atoms with Gasteiger partial charge in [-0.2, -0.15) is 0 Å². The van der Waals surface area contributed by atoms with Crippen molar-refractivity contribution in [3.8, 4) is 0 Å². The molecule has 2 rings (SSSR count). The van der Waals surface area contributed by atoms with Crippen molar-refractivity contribution in [3.63, 3.8) is 0 Å². The maximum absolute atomic E-state index is 6.43. The van der Waals surface area contributed by atoms with Crippen LogP contribution in [0.3, 0.4) is 0 Å². The smallest absolute Gasteiger partial charge is 0.0640 e. The highest BCUT2D eigenvalue weighted by atomic mass is 79.9. The third kappa shape index (κ3) is 3.80. The van der Waals surface area contributed by atoms with Gasteiger partial charge in [0.15, 0.2) is 0 Å². The molecule has 0 nitrogen and oxygen atoms in total. The lowest BCUT2D eigenvalue weighted by atomic mass is 10.0. The van der Waals surface area contributed by atoms with Gasteiger partial charge in [-0.15, -0.1) is 11.6 Å². The Bertz CT molecular complexity index is 598. The zero-order chi connectivity index (χ0) is 14.0. The minimum absolute atomic E-state index is 0.220. The first-order chi connectivity index (χ1) is 8.99. The highest BCUT2D eigenvalue weighted by Crippen LogP contribution is 2.35. The molecule has 0 aliphatic heterocycles. The van der Waals surface area contributed by atoms with Crippen LogP contribution >= 0.6 is 62.3 Å². The van der Waals surface area contributed by atoms with Gasteiger partial charge in [-0.05, 0) is 51.7 Å². The quantitative estimate of drug-likeness (QED) is 0.491. The molecule has 0 aliphatic carbocycles. The molecule has 100 valence electrons. The molecule has 0 aliphatic rings. The average molecular weight is 399 g/mol. The van der Waals surface area contributed by atoms with Gasteiger partial charge in [0, 0.05) is 4.47 Å². The van der Waals surface area contributed by atoms with Gasteiger partial charge >= 0.3 is 0 Å². The lowest BCUT2D eigenvalue weighted by molar-refractivity contribution is 0.919. The van der Waals surface area contributed by atoms with Crippen LogP contribution in [0.15, 0.2) is 40.9 Å². The van der Waals surface area contributed by atoms with Crippen LogP contribution in [0.2, 0.25) is 15.1 Å². The molecule has 0 radical (unpaired) electrons. The highest BCUT2D eigenvalue weighted by molar-refractivity contribution is 9.10. The minimum atomic E-state index is -0.220. The molecule has 0 bridgehead atoms. The summed E-state index contributed by atoms with van der Waals surface area (Å²) >= 11 is 27.9. The normalized spacial score (nSPS) is 12.5. The Hall–Kier alpha value is 0.0800. The van der Waals surface area contributed by atoms with Crippen molar-refractivity contribution in [2.75, 3.05) is 0 Å². The van der Waals surface area contributed by atoms with Crippen LogP contribution in [0.4, 0.5) is 0 Å². The molecule has 0 saturated carbocycles. The van der Waals surface area contributed by atoms with E-state index in [2.05, 4.69) is 15.9 Å². The van der Waals surface area contributed by atoms with Crippen LogP contribution in [0, 0.1) is 0 Å². The maximum Gasteiger partial charge on any atom is 0.0640 e. The molecule has 0 amide bonds.